The molecule has 0 aliphatic carbocycles. The van der Waals surface area contributed by atoms with Crippen LogP contribution < -0.4 is 10.5 Å². The van der Waals surface area contributed by atoms with Gasteiger partial charge in [0, 0.05) is 11.0 Å². The second-order valence-electron chi connectivity index (χ2n) is 7.72. The zero-order valence-corrected chi connectivity index (χ0v) is 18.7. The standard InChI is InChI=1S/C24H22ClFN2O3S/c25-20-13-18(9-10-21(20)26)31-24(17-6-2-1-3-7-17)14-28(15-24)32-19-8-4-5-16(11-19)12-22(27)23(29)30/h1-11,13,22H,12,14-15,27H2,(H,29,30). The lowest BCUT2D eigenvalue weighted by molar-refractivity contribution is -0.138. The molecule has 1 saturated heterocycles. The van der Waals surface area contributed by atoms with Gasteiger partial charge < -0.3 is 15.6 Å². The molecule has 1 aliphatic heterocycles. The fraction of sp³-hybridized carbons (Fsp3) is 0.208. The first-order valence-electron chi connectivity index (χ1n) is 10.0. The number of hydrogen-bond acceptors (Lipinski definition) is 5. The van der Waals surface area contributed by atoms with Crippen LogP contribution in [-0.2, 0) is 16.8 Å². The summed E-state index contributed by atoms with van der Waals surface area (Å²) in [5, 5.41) is 9.06. The number of rotatable bonds is 8. The molecular weight excluding hydrogens is 451 g/mol. The van der Waals surface area contributed by atoms with Crippen molar-refractivity contribution in [2.75, 3.05) is 13.1 Å². The zero-order valence-electron chi connectivity index (χ0n) is 17.1. The van der Waals surface area contributed by atoms with Crippen molar-refractivity contribution in [2.45, 2.75) is 23.0 Å². The lowest BCUT2D eigenvalue weighted by Gasteiger charge is -2.49. The van der Waals surface area contributed by atoms with E-state index >= 15 is 0 Å². The molecule has 1 heterocycles. The minimum Gasteiger partial charge on any atom is -0.480 e. The van der Waals surface area contributed by atoms with Gasteiger partial charge in [-0.1, -0.05) is 54.1 Å². The summed E-state index contributed by atoms with van der Waals surface area (Å²) in [7, 11) is 0. The highest BCUT2D eigenvalue weighted by Gasteiger charge is 2.47. The van der Waals surface area contributed by atoms with Crippen LogP contribution in [0.4, 0.5) is 4.39 Å². The third kappa shape index (κ3) is 5.07. The van der Waals surface area contributed by atoms with Crippen molar-refractivity contribution in [3.8, 4) is 5.75 Å². The number of benzene rings is 3. The molecule has 0 spiro atoms. The second-order valence-corrected chi connectivity index (χ2v) is 9.30. The highest BCUT2D eigenvalue weighted by atomic mass is 35.5. The van der Waals surface area contributed by atoms with Crippen LogP contribution in [0.3, 0.4) is 0 Å². The number of ether oxygens (including phenoxy) is 1. The Morgan fingerprint density at radius 1 is 1.16 bits per heavy atom. The van der Waals surface area contributed by atoms with Crippen molar-refractivity contribution >= 4 is 29.5 Å². The fourth-order valence-corrected chi connectivity index (χ4v) is 4.98. The van der Waals surface area contributed by atoms with Crippen LogP contribution in [-0.4, -0.2) is 34.5 Å². The maximum atomic E-state index is 13.6. The van der Waals surface area contributed by atoms with Crippen molar-refractivity contribution in [3.63, 3.8) is 0 Å². The lowest BCUT2D eigenvalue weighted by Crippen LogP contribution is -2.59. The van der Waals surface area contributed by atoms with E-state index in [9.17, 15) is 9.18 Å². The van der Waals surface area contributed by atoms with E-state index in [1.54, 1.807) is 18.0 Å². The number of aliphatic carboxylic acids is 1. The van der Waals surface area contributed by atoms with E-state index in [0.29, 0.717) is 18.8 Å². The van der Waals surface area contributed by atoms with Crippen molar-refractivity contribution < 1.29 is 19.0 Å². The summed E-state index contributed by atoms with van der Waals surface area (Å²) in [6.45, 7) is 1.21. The summed E-state index contributed by atoms with van der Waals surface area (Å²) in [5.41, 5.74) is 6.98. The molecule has 3 N–H and O–H groups in total. The molecule has 0 saturated carbocycles. The van der Waals surface area contributed by atoms with Crippen LogP contribution >= 0.6 is 23.5 Å². The Morgan fingerprint density at radius 2 is 1.91 bits per heavy atom. The van der Waals surface area contributed by atoms with E-state index in [2.05, 4.69) is 4.31 Å². The summed E-state index contributed by atoms with van der Waals surface area (Å²) < 4.78 is 22.1. The van der Waals surface area contributed by atoms with Crippen LogP contribution in [0.2, 0.25) is 5.02 Å². The molecule has 1 atom stereocenters. The van der Waals surface area contributed by atoms with E-state index in [1.807, 2.05) is 54.6 Å². The largest absolute Gasteiger partial charge is 0.480 e. The lowest BCUT2D eigenvalue weighted by atomic mass is 9.87. The predicted octanol–water partition coefficient (Wildman–Crippen LogP) is 4.73. The molecule has 1 fully saturated rings. The molecule has 4 rings (SSSR count). The Balaban J connectivity index is 1.48. The third-order valence-corrected chi connectivity index (χ3v) is 6.54. The molecule has 0 aromatic heterocycles. The molecule has 0 amide bonds. The number of carboxylic acids is 1. The minimum absolute atomic E-state index is 0.0210. The molecule has 1 aliphatic rings. The Morgan fingerprint density at radius 3 is 2.59 bits per heavy atom. The normalized spacial score (nSPS) is 16.2. The maximum Gasteiger partial charge on any atom is 0.320 e. The molecule has 166 valence electrons. The van der Waals surface area contributed by atoms with Crippen LogP contribution in [0, 0.1) is 5.82 Å². The maximum absolute atomic E-state index is 13.6. The van der Waals surface area contributed by atoms with Crippen molar-refractivity contribution in [1.29, 1.82) is 0 Å². The Bertz CT molecular complexity index is 1110. The van der Waals surface area contributed by atoms with Gasteiger partial charge in [-0.3, -0.25) is 4.79 Å². The summed E-state index contributed by atoms with van der Waals surface area (Å²) in [6, 6.07) is 21.0. The van der Waals surface area contributed by atoms with Crippen LogP contribution in [0.15, 0.2) is 77.7 Å². The highest BCUT2D eigenvalue weighted by Crippen LogP contribution is 2.42. The van der Waals surface area contributed by atoms with Gasteiger partial charge in [0.25, 0.3) is 0 Å². The molecule has 32 heavy (non-hydrogen) atoms. The number of halogens is 2. The first kappa shape index (κ1) is 22.6. The number of carbonyl (C=O) groups is 1. The van der Waals surface area contributed by atoms with Gasteiger partial charge in [0.05, 0.1) is 18.1 Å². The predicted molar refractivity (Wildman–Crippen MR) is 123 cm³/mol. The second kappa shape index (κ2) is 9.50. The summed E-state index contributed by atoms with van der Waals surface area (Å²) in [6.07, 6.45) is 0.270. The Labute approximate surface area is 195 Å². The van der Waals surface area contributed by atoms with E-state index in [4.69, 9.17) is 27.2 Å². The van der Waals surface area contributed by atoms with Crippen molar-refractivity contribution in [3.05, 3.63) is 94.8 Å². The number of nitrogens with zero attached hydrogens (tertiary/aromatic N) is 1. The van der Waals surface area contributed by atoms with Gasteiger partial charge in [-0.05, 0) is 53.8 Å². The topological polar surface area (TPSA) is 75.8 Å². The molecule has 3 aromatic carbocycles. The highest BCUT2D eigenvalue weighted by molar-refractivity contribution is 7.97. The molecule has 0 bridgehead atoms. The van der Waals surface area contributed by atoms with Gasteiger partial charge in [0.15, 0.2) is 5.60 Å². The zero-order chi connectivity index (χ0) is 22.7. The van der Waals surface area contributed by atoms with E-state index < -0.39 is 23.4 Å². The summed E-state index contributed by atoms with van der Waals surface area (Å²) >= 11 is 7.51. The Kier molecular flexibility index (Phi) is 6.71. The van der Waals surface area contributed by atoms with E-state index in [0.717, 1.165) is 16.0 Å². The van der Waals surface area contributed by atoms with Gasteiger partial charge in [-0.25, -0.2) is 8.70 Å². The van der Waals surface area contributed by atoms with Crippen molar-refractivity contribution in [2.24, 2.45) is 5.73 Å². The summed E-state index contributed by atoms with van der Waals surface area (Å²) in [5.74, 6) is -0.993. The summed E-state index contributed by atoms with van der Waals surface area (Å²) in [4.78, 5) is 12.0. The average Bonchev–Trinajstić information content (AvgIpc) is 2.75. The molecule has 0 radical (unpaired) electrons. The molecule has 3 aromatic rings. The smallest absolute Gasteiger partial charge is 0.320 e. The first-order valence-corrected chi connectivity index (χ1v) is 11.2. The molecular formula is C24H22ClFN2O3S. The third-order valence-electron chi connectivity index (χ3n) is 5.27. The van der Waals surface area contributed by atoms with Crippen molar-refractivity contribution in [1.82, 2.24) is 4.31 Å². The monoisotopic (exact) mass is 472 g/mol. The fourth-order valence-electron chi connectivity index (χ4n) is 3.62. The van der Waals surface area contributed by atoms with Gasteiger partial charge in [-0.2, -0.15) is 0 Å². The van der Waals surface area contributed by atoms with Crippen LogP contribution in [0.5, 0.6) is 5.75 Å². The van der Waals surface area contributed by atoms with E-state index in [-0.39, 0.29) is 11.4 Å². The van der Waals surface area contributed by atoms with Gasteiger partial charge >= 0.3 is 5.97 Å². The van der Waals surface area contributed by atoms with Crippen LogP contribution in [0.25, 0.3) is 0 Å². The quantitative estimate of drug-likeness (QED) is 0.461. The Hall–Kier alpha value is -2.58. The number of nitrogens with two attached hydrogens (primary N) is 1. The first-order chi connectivity index (χ1) is 15.3. The molecule has 1 unspecified atom stereocenters. The van der Waals surface area contributed by atoms with Gasteiger partial charge in [0.1, 0.15) is 17.6 Å². The molecule has 8 heteroatoms. The van der Waals surface area contributed by atoms with E-state index in [1.165, 1.54) is 12.1 Å². The number of carboxylic acid groups (broad SMARTS) is 1. The van der Waals surface area contributed by atoms with Gasteiger partial charge in [0.2, 0.25) is 0 Å². The number of hydrogen-bond donors (Lipinski definition) is 2. The minimum atomic E-state index is -1.02. The SMILES string of the molecule is NC(Cc1cccc(SN2CC(Oc3ccc(F)c(Cl)c3)(c3ccccc3)C2)c1)C(=O)O. The average molecular weight is 473 g/mol. The van der Waals surface area contributed by atoms with Crippen LogP contribution in [0.1, 0.15) is 11.1 Å². The van der Waals surface area contributed by atoms with Gasteiger partial charge in [-0.15, -0.1) is 0 Å². The molecule has 5 nitrogen and oxygen atoms in total.